The normalized spacial score (nSPS) is 9.80. The summed E-state index contributed by atoms with van der Waals surface area (Å²) in [4.78, 5) is 16.7. The zero-order chi connectivity index (χ0) is 32.9. The van der Waals surface area contributed by atoms with Crippen LogP contribution in [0.1, 0.15) is 11.4 Å². The van der Waals surface area contributed by atoms with Gasteiger partial charge in [-0.3, -0.25) is 0 Å². The number of nitrogens with zero attached hydrogens (tertiary/aromatic N) is 6. The monoisotopic (exact) mass is 750 g/mol. The maximum atomic E-state index is 9.20. The van der Waals surface area contributed by atoms with E-state index in [0.29, 0.717) is 27.1 Å². The zero-order valence-electron chi connectivity index (χ0n) is 23.8. The van der Waals surface area contributed by atoms with Crippen LogP contribution in [-0.2, 0) is 0 Å². The third-order valence-corrected chi connectivity index (χ3v) is 7.67. The average molecular weight is 753 g/mol. The number of aromatic nitrogens is 4. The number of nitriles is 2. The van der Waals surface area contributed by atoms with Crippen LogP contribution in [0.5, 0.6) is 0 Å². The second-order valence-corrected chi connectivity index (χ2v) is 11.2. The molecule has 0 aliphatic heterocycles. The standard InChI is InChI=1S/C17H10BrN3.C11H6ClN3.C6H6BBrO2/c18-15-9-5-4-8-14(15)17-20-13(11-19)10-16(21-17)12-6-2-1-3-7-12;12-11-14-9(7-13)6-10(15-11)8-4-2-1-3-5-8;8-6-4-2-1-3-5(6)7(9)10/h1-10H;1-6H;1-4,9-10H. The molecule has 6 rings (SSSR count). The first-order chi connectivity index (χ1) is 22.3. The summed E-state index contributed by atoms with van der Waals surface area (Å²) < 4.78 is 1.61. The van der Waals surface area contributed by atoms with Crippen molar-refractivity contribution in [3.63, 3.8) is 0 Å². The predicted octanol–water partition coefficient (Wildman–Crippen LogP) is 7.24. The smallest absolute Gasteiger partial charge is 0.423 e. The van der Waals surface area contributed by atoms with Crippen molar-refractivity contribution in [3.05, 3.63) is 147 Å². The molecule has 0 unspecified atom stereocenters. The van der Waals surface area contributed by atoms with Crippen LogP contribution in [0.4, 0.5) is 0 Å². The lowest BCUT2D eigenvalue weighted by Gasteiger charge is -2.07. The van der Waals surface area contributed by atoms with Gasteiger partial charge in [-0.25, -0.2) is 19.9 Å². The van der Waals surface area contributed by atoms with E-state index in [-0.39, 0.29) is 11.0 Å². The van der Waals surface area contributed by atoms with Crippen LogP contribution in [-0.4, -0.2) is 37.1 Å². The van der Waals surface area contributed by atoms with Crippen LogP contribution in [0.2, 0.25) is 5.28 Å². The summed E-state index contributed by atoms with van der Waals surface area (Å²) >= 11 is 12.4. The van der Waals surface area contributed by atoms with Crippen molar-refractivity contribution in [2.75, 3.05) is 0 Å². The maximum absolute atomic E-state index is 9.20. The SMILES string of the molecule is N#Cc1cc(-c2ccccc2)nc(-c2ccccc2Br)n1.N#Cc1cc(-c2ccccc2)nc(Cl)n1.OB(O)c1ccccc1Br. The van der Waals surface area contributed by atoms with E-state index in [0.717, 1.165) is 26.9 Å². The zero-order valence-corrected chi connectivity index (χ0v) is 27.8. The van der Waals surface area contributed by atoms with Crippen molar-refractivity contribution >= 4 is 56.0 Å². The molecular weight excluding hydrogens is 730 g/mol. The maximum Gasteiger partial charge on any atom is 0.489 e. The Bertz CT molecular complexity index is 2010. The lowest BCUT2D eigenvalue weighted by molar-refractivity contribution is 0.425. The van der Waals surface area contributed by atoms with Gasteiger partial charge in [-0.15, -0.1) is 0 Å². The molecule has 0 aliphatic rings. The minimum absolute atomic E-state index is 0.0907. The summed E-state index contributed by atoms with van der Waals surface area (Å²) in [7, 11) is -1.39. The fraction of sp³-hybridized carbons (Fsp3) is 0. The molecule has 2 aromatic heterocycles. The molecule has 4 aromatic carbocycles. The fourth-order valence-electron chi connectivity index (χ4n) is 3.94. The molecule has 0 radical (unpaired) electrons. The van der Waals surface area contributed by atoms with Gasteiger partial charge in [0.05, 0.1) is 11.4 Å². The van der Waals surface area contributed by atoms with Crippen LogP contribution < -0.4 is 5.46 Å². The molecule has 8 nitrogen and oxygen atoms in total. The molecule has 2 N–H and O–H groups in total. The van der Waals surface area contributed by atoms with Gasteiger partial charge in [-0.2, -0.15) is 10.5 Å². The highest BCUT2D eigenvalue weighted by Gasteiger charge is 2.13. The van der Waals surface area contributed by atoms with Gasteiger partial charge >= 0.3 is 7.12 Å². The molecule has 46 heavy (non-hydrogen) atoms. The minimum Gasteiger partial charge on any atom is -0.423 e. The molecule has 0 aliphatic carbocycles. The highest BCUT2D eigenvalue weighted by molar-refractivity contribution is 9.11. The van der Waals surface area contributed by atoms with Crippen molar-refractivity contribution in [3.8, 4) is 46.0 Å². The summed E-state index contributed by atoms with van der Waals surface area (Å²) in [6.45, 7) is 0. The van der Waals surface area contributed by atoms with Gasteiger partial charge in [0.2, 0.25) is 5.28 Å². The van der Waals surface area contributed by atoms with E-state index in [2.05, 4.69) is 57.9 Å². The highest BCUT2D eigenvalue weighted by Crippen LogP contribution is 2.27. The lowest BCUT2D eigenvalue weighted by atomic mass is 9.80. The third-order valence-electron chi connectivity index (χ3n) is 6.09. The fourth-order valence-corrected chi connectivity index (χ4v) is 5.07. The summed E-state index contributed by atoms with van der Waals surface area (Å²) in [6.07, 6.45) is 0. The molecule has 0 atom stereocenters. The van der Waals surface area contributed by atoms with Gasteiger partial charge < -0.3 is 10.0 Å². The molecule has 0 saturated heterocycles. The van der Waals surface area contributed by atoms with E-state index in [1.807, 2.05) is 97.1 Å². The molecular formula is C34H22BBr2ClN6O2. The number of benzene rings is 4. The van der Waals surface area contributed by atoms with Crippen LogP contribution in [0.3, 0.4) is 0 Å². The minimum atomic E-state index is -1.39. The van der Waals surface area contributed by atoms with E-state index in [9.17, 15) is 5.26 Å². The van der Waals surface area contributed by atoms with Gasteiger partial charge in [-0.1, -0.05) is 129 Å². The second kappa shape index (κ2) is 17.1. The lowest BCUT2D eigenvalue weighted by Crippen LogP contribution is -2.30. The van der Waals surface area contributed by atoms with Crippen LogP contribution in [0.15, 0.2) is 130 Å². The Morgan fingerprint density at radius 1 is 0.587 bits per heavy atom. The topological polar surface area (TPSA) is 140 Å². The van der Waals surface area contributed by atoms with Gasteiger partial charge in [0.25, 0.3) is 0 Å². The number of halogens is 3. The summed E-state index contributed by atoms with van der Waals surface area (Å²) in [5, 5.41) is 35.5. The number of hydrogen-bond acceptors (Lipinski definition) is 8. The van der Waals surface area contributed by atoms with E-state index in [1.165, 1.54) is 0 Å². The van der Waals surface area contributed by atoms with Crippen LogP contribution in [0, 0.1) is 22.7 Å². The predicted molar refractivity (Wildman–Crippen MR) is 186 cm³/mol. The first-order valence-electron chi connectivity index (χ1n) is 13.5. The van der Waals surface area contributed by atoms with Crippen LogP contribution >= 0.6 is 43.5 Å². The molecule has 2 heterocycles. The molecule has 224 valence electrons. The van der Waals surface area contributed by atoms with Gasteiger partial charge in [-0.05, 0) is 29.2 Å². The molecule has 0 fully saturated rings. The first kappa shape index (κ1) is 34.1. The molecule has 0 amide bonds. The molecule has 6 aromatic rings. The molecule has 0 saturated carbocycles. The van der Waals surface area contributed by atoms with Gasteiger partial charge in [0.15, 0.2) is 5.82 Å². The Labute approximate surface area is 288 Å². The summed E-state index contributed by atoms with van der Waals surface area (Å²) in [5.74, 6) is 0.542. The van der Waals surface area contributed by atoms with E-state index in [4.69, 9.17) is 26.9 Å². The average Bonchev–Trinajstić information content (AvgIpc) is 3.09. The van der Waals surface area contributed by atoms with Crippen molar-refractivity contribution < 1.29 is 10.0 Å². The summed E-state index contributed by atoms with van der Waals surface area (Å²) in [6, 6.07) is 41.3. The highest BCUT2D eigenvalue weighted by atomic mass is 79.9. The number of hydrogen-bond donors (Lipinski definition) is 2. The van der Waals surface area contributed by atoms with E-state index in [1.54, 1.807) is 30.3 Å². The van der Waals surface area contributed by atoms with Crippen molar-refractivity contribution in [1.82, 2.24) is 19.9 Å². The van der Waals surface area contributed by atoms with E-state index >= 15 is 0 Å². The Kier molecular flexibility index (Phi) is 12.7. The molecule has 0 bridgehead atoms. The van der Waals surface area contributed by atoms with E-state index < -0.39 is 7.12 Å². The Hall–Kier alpha value is -4.75. The van der Waals surface area contributed by atoms with Gasteiger partial charge in [0, 0.05) is 37.8 Å². The third kappa shape index (κ3) is 9.63. The van der Waals surface area contributed by atoms with Crippen molar-refractivity contribution in [2.45, 2.75) is 0 Å². The Morgan fingerprint density at radius 3 is 1.57 bits per heavy atom. The summed E-state index contributed by atoms with van der Waals surface area (Å²) in [5.41, 5.74) is 5.26. The Balaban J connectivity index is 0.000000168. The molecule has 0 spiro atoms. The van der Waals surface area contributed by atoms with Gasteiger partial charge in [0.1, 0.15) is 23.5 Å². The van der Waals surface area contributed by atoms with Crippen molar-refractivity contribution in [2.24, 2.45) is 0 Å². The second-order valence-electron chi connectivity index (χ2n) is 9.20. The number of rotatable bonds is 4. The van der Waals surface area contributed by atoms with Crippen LogP contribution in [0.25, 0.3) is 33.9 Å². The largest absolute Gasteiger partial charge is 0.489 e. The quantitative estimate of drug-likeness (QED) is 0.142. The molecule has 12 heteroatoms. The Morgan fingerprint density at radius 2 is 1.07 bits per heavy atom. The first-order valence-corrected chi connectivity index (χ1v) is 15.5. The van der Waals surface area contributed by atoms with Crippen molar-refractivity contribution in [1.29, 1.82) is 10.5 Å².